The molecular weight excluding hydrogens is 183 g/mol. The van der Waals surface area contributed by atoms with Gasteiger partial charge < -0.3 is 5.11 Å². The zero-order chi connectivity index (χ0) is 8.27. The van der Waals surface area contributed by atoms with Gasteiger partial charge in [-0.25, -0.2) is 0 Å². The highest BCUT2D eigenvalue weighted by atomic mass is 35.5. The molecular formula is C8H8Cl2O. The molecule has 0 heterocycles. The smallest absolute Gasteiger partial charge is 0.0925 e. The van der Waals surface area contributed by atoms with Gasteiger partial charge in [0.15, 0.2) is 0 Å². The molecule has 0 radical (unpaired) electrons. The van der Waals surface area contributed by atoms with E-state index in [0.29, 0.717) is 5.02 Å². The van der Waals surface area contributed by atoms with Gasteiger partial charge in [0.25, 0.3) is 0 Å². The zero-order valence-corrected chi connectivity index (χ0v) is 7.31. The maximum Gasteiger partial charge on any atom is 0.0925 e. The molecule has 0 saturated carbocycles. The van der Waals surface area contributed by atoms with Gasteiger partial charge in [-0.15, -0.1) is 11.6 Å². The summed E-state index contributed by atoms with van der Waals surface area (Å²) in [7, 11) is 0. The number of aliphatic hydroxyl groups is 1. The van der Waals surface area contributed by atoms with Crippen LogP contribution in [0.1, 0.15) is 11.7 Å². The zero-order valence-electron chi connectivity index (χ0n) is 5.80. The Kier molecular flexibility index (Phi) is 3.18. The first-order chi connectivity index (χ1) is 5.24. The van der Waals surface area contributed by atoms with E-state index < -0.39 is 6.10 Å². The summed E-state index contributed by atoms with van der Waals surface area (Å²) in [5, 5.41) is 9.91. The Bertz CT molecular complexity index is 220. The van der Waals surface area contributed by atoms with Crippen molar-refractivity contribution in [2.45, 2.75) is 6.10 Å². The summed E-state index contributed by atoms with van der Waals surface area (Å²) in [6.07, 6.45) is -0.589. The fourth-order valence-corrected chi connectivity index (χ4v) is 1.08. The van der Waals surface area contributed by atoms with Crippen LogP contribution < -0.4 is 0 Å². The van der Waals surface area contributed by atoms with Gasteiger partial charge in [0.2, 0.25) is 0 Å². The van der Waals surface area contributed by atoms with Crippen molar-refractivity contribution in [2.24, 2.45) is 0 Å². The van der Waals surface area contributed by atoms with Crippen LogP contribution in [0, 0.1) is 0 Å². The summed E-state index contributed by atoms with van der Waals surface area (Å²) in [5.74, 6) is 0.210. The largest absolute Gasteiger partial charge is 0.387 e. The predicted octanol–water partition coefficient (Wildman–Crippen LogP) is 2.61. The van der Waals surface area contributed by atoms with Crippen LogP contribution in [0.25, 0.3) is 0 Å². The van der Waals surface area contributed by atoms with Crippen molar-refractivity contribution in [3.8, 4) is 0 Å². The fraction of sp³-hybridized carbons (Fsp3) is 0.250. The van der Waals surface area contributed by atoms with Crippen molar-refractivity contribution in [3.05, 3.63) is 34.9 Å². The minimum Gasteiger partial charge on any atom is -0.387 e. The van der Waals surface area contributed by atoms with E-state index in [4.69, 9.17) is 23.2 Å². The molecule has 0 aliphatic carbocycles. The molecule has 0 aliphatic heterocycles. The number of alkyl halides is 1. The molecule has 3 heteroatoms. The summed E-state index contributed by atoms with van der Waals surface area (Å²) in [5.41, 5.74) is 0.796. The van der Waals surface area contributed by atoms with E-state index in [1.807, 2.05) is 0 Å². The minimum absolute atomic E-state index is 0.210. The van der Waals surface area contributed by atoms with Crippen LogP contribution in [0.2, 0.25) is 5.02 Å². The van der Waals surface area contributed by atoms with E-state index in [2.05, 4.69) is 0 Å². The lowest BCUT2D eigenvalue weighted by atomic mass is 10.1. The SMILES string of the molecule is O[C@@H](CCl)c1ccc(Cl)cc1. The number of hydrogen-bond acceptors (Lipinski definition) is 1. The van der Waals surface area contributed by atoms with E-state index in [0.717, 1.165) is 5.56 Å². The molecule has 1 nitrogen and oxygen atoms in total. The molecule has 1 N–H and O–H groups in total. The highest BCUT2D eigenvalue weighted by Gasteiger charge is 2.03. The molecule has 0 unspecified atom stereocenters. The fourth-order valence-electron chi connectivity index (χ4n) is 0.774. The minimum atomic E-state index is -0.589. The molecule has 1 atom stereocenters. The second-order valence-corrected chi connectivity index (χ2v) is 2.97. The molecule has 0 saturated heterocycles. The maximum atomic E-state index is 9.25. The molecule has 11 heavy (non-hydrogen) atoms. The third-order valence-electron chi connectivity index (χ3n) is 1.40. The van der Waals surface area contributed by atoms with Gasteiger partial charge in [0.05, 0.1) is 12.0 Å². The average Bonchev–Trinajstić information content (AvgIpc) is 2.05. The lowest BCUT2D eigenvalue weighted by Gasteiger charge is -2.05. The Morgan fingerprint density at radius 2 is 1.82 bits per heavy atom. The first-order valence-corrected chi connectivity index (χ1v) is 4.15. The maximum absolute atomic E-state index is 9.25. The first-order valence-electron chi connectivity index (χ1n) is 3.23. The number of aliphatic hydroxyl groups excluding tert-OH is 1. The second-order valence-electron chi connectivity index (χ2n) is 2.22. The Labute approximate surface area is 75.6 Å². The van der Waals surface area contributed by atoms with Gasteiger partial charge in [-0.3, -0.25) is 0 Å². The van der Waals surface area contributed by atoms with Crippen molar-refractivity contribution in [1.82, 2.24) is 0 Å². The van der Waals surface area contributed by atoms with E-state index >= 15 is 0 Å². The van der Waals surface area contributed by atoms with Crippen LogP contribution in [0.4, 0.5) is 0 Å². The molecule has 1 rings (SSSR count). The quantitative estimate of drug-likeness (QED) is 0.712. The van der Waals surface area contributed by atoms with Gasteiger partial charge in [0.1, 0.15) is 0 Å². The summed E-state index contributed by atoms with van der Waals surface area (Å²) < 4.78 is 0. The van der Waals surface area contributed by atoms with E-state index in [9.17, 15) is 5.11 Å². The summed E-state index contributed by atoms with van der Waals surface area (Å²) in [4.78, 5) is 0. The first kappa shape index (κ1) is 8.85. The normalized spacial score (nSPS) is 13.0. The third kappa shape index (κ3) is 2.37. The topological polar surface area (TPSA) is 20.2 Å². The molecule has 0 aromatic heterocycles. The number of hydrogen-bond donors (Lipinski definition) is 1. The predicted molar refractivity (Wildman–Crippen MR) is 47.1 cm³/mol. The van der Waals surface area contributed by atoms with Crippen LogP contribution >= 0.6 is 23.2 Å². The molecule has 0 amide bonds. The van der Waals surface area contributed by atoms with Gasteiger partial charge in [-0.2, -0.15) is 0 Å². The Hall–Kier alpha value is -0.240. The Morgan fingerprint density at radius 3 is 2.27 bits per heavy atom. The van der Waals surface area contributed by atoms with Crippen molar-refractivity contribution >= 4 is 23.2 Å². The van der Waals surface area contributed by atoms with Gasteiger partial charge in [-0.05, 0) is 17.7 Å². The van der Waals surface area contributed by atoms with E-state index in [-0.39, 0.29) is 5.88 Å². The van der Waals surface area contributed by atoms with E-state index in [1.165, 1.54) is 0 Å². The van der Waals surface area contributed by atoms with Crippen molar-refractivity contribution in [1.29, 1.82) is 0 Å². The van der Waals surface area contributed by atoms with Gasteiger partial charge in [0, 0.05) is 5.02 Å². The molecule has 0 bridgehead atoms. The van der Waals surface area contributed by atoms with Crippen molar-refractivity contribution in [2.75, 3.05) is 5.88 Å². The van der Waals surface area contributed by atoms with Crippen LogP contribution in [0.5, 0.6) is 0 Å². The summed E-state index contributed by atoms with van der Waals surface area (Å²) in [6, 6.07) is 6.98. The lowest BCUT2D eigenvalue weighted by molar-refractivity contribution is 0.202. The standard InChI is InChI=1S/C8H8Cl2O/c9-5-8(11)6-1-3-7(10)4-2-6/h1-4,8,11H,5H2/t8-/m0/s1. The monoisotopic (exact) mass is 190 g/mol. The summed E-state index contributed by atoms with van der Waals surface area (Å²) in [6.45, 7) is 0. The molecule has 0 aliphatic rings. The Morgan fingerprint density at radius 1 is 1.27 bits per heavy atom. The number of halogens is 2. The number of rotatable bonds is 2. The average molecular weight is 191 g/mol. The Balaban J connectivity index is 2.81. The molecule has 0 fully saturated rings. The van der Waals surface area contributed by atoms with Crippen LogP contribution in [0.15, 0.2) is 24.3 Å². The highest BCUT2D eigenvalue weighted by Crippen LogP contribution is 2.16. The molecule has 0 spiro atoms. The third-order valence-corrected chi connectivity index (χ3v) is 1.95. The molecule has 60 valence electrons. The van der Waals surface area contributed by atoms with Gasteiger partial charge in [-0.1, -0.05) is 23.7 Å². The van der Waals surface area contributed by atoms with Gasteiger partial charge >= 0.3 is 0 Å². The number of benzene rings is 1. The van der Waals surface area contributed by atoms with Crippen molar-refractivity contribution in [3.63, 3.8) is 0 Å². The summed E-state index contributed by atoms with van der Waals surface area (Å²) >= 11 is 11.1. The van der Waals surface area contributed by atoms with Crippen molar-refractivity contribution < 1.29 is 5.11 Å². The highest BCUT2D eigenvalue weighted by molar-refractivity contribution is 6.30. The van der Waals surface area contributed by atoms with Crippen LogP contribution in [0.3, 0.4) is 0 Å². The van der Waals surface area contributed by atoms with Crippen LogP contribution in [-0.4, -0.2) is 11.0 Å². The lowest BCUT2D eigenvalue weighted by Crippen LogP contribution is -1.97. The molecule has 1 aromatic rings. The van der Waals surface area contributed by atoms with Crippen LogP contribution in [-0.2, 0) is 0 Å². The van der Waals surface area contributed by atoms with E-state index in [1.54, 1.807) is 24.3 Å². The second kappa shape index (κ2) is 3.96. The molecule has 1 aromatic carbocycles.